The van der Waals surface area contributed by atoms with Gasteiger partial charge in [-0.3, -0.25) is 4.90 Å². The number of nitrogens with zero attached hydrogens (tertiary/aromatic N) is 1. The molecule has 2 nitrogen and oxygen atoms in total. The Hall–Kier alpha value is -0.380. The van der Waals surface area contributed by atoms with Crippen LogP contribution in [0.1, 0.15) is 29.9 Å². The van der Waals surface area contributed by atoms with Crippen LogP contribution in [0.3, 0.4) is 0 Å². The molecule has 1 aliphatic heterocycles. The van der Waals surface area contributed by atoms with Crippen LogP contribution in [0, 0.1) is 5.92 Å². The molecule has 0 amide bonds. The Kier molecular flexibility index (Phi) is 4.00. The van der Waals surface area contributed by atoms with Gasteiger partial charge in [-0.05, 0) is 35.9 Å². The first-order valence-electron chi connectivity index (χ1n) is 6.15. The zero-order valence-corrected chi connectivity index (χ0v) is 11.4. The Morgan fingerprint density at radius 1 is 1.50 bits per heavy atom. The standard InChI is InChI=1S/C13H22N2S/c1-10(2)7-15-5-4-12-11(6-14-3)9-16-13(12)8-15/h9-10,14H,4-8H2,1-3H3. The fraction of sp³-hybridized carbons (Fsp3) is 0.692. The molecule has 1 aromatic heterocycles. The Morgan fingerprint density at radius 2 is 2.31 bits per heavy atom. The lowest BCUT2D eigenvalue weighted by molar-refractivity contribution is 0.229. The van der Waals surface area contributed by atoms with Gasteiger partial charge < -0.3 is 5.32 Å². The Balaban J connectivity index is 2.04. The van der Waals surface area contributed by atoms with Gasteiger partial charge in [0.15, 0.2) is 0 Å². The van der Waals surface area contributed by atoms with Crippen molar-refractivity contribution in [2.24, 2.45) is 5.92 Å². The zero-order valence-electron chi connectivity index (χ0n) is 10.5. The summed E-state index contributed by atoms with van der Waals surface area (Å²) in [6.07, 6.45) is 1.24. The number of hydrogen-bond donors (Lipinski definition) is 1. The highest BCUT2D eigenvalue weighted by Crippen LogP contribution is 2.28. The highest BCUT2D eigenvalue weighted by atomic mass is 32.1. The SMILES string of the molecule is CNCc1csc2c1CCN(CC(C)C)C2. The molecule has 0 saturated heterocycles. The zero-order chi connectivity index (χ0) is 11.5. The first kappa shape index (κ1) is 12.1. The largest absolute Gasteiger partial charge is 0.316 e. The summed E-state index contributed by atoms with van der Waals surface area (Å²) in [6.45, 7) is 9.27. The van der Waals surface area contributed by atoms with Gasteiger partial charge >= 0.3 is 0 Å². The van der Waals surface area contributed by atoms with E-state index in [4.69, 9.17) is 0 Å². The van der Waals surface area contributed by atoms with E-state index in [1.165, 1.54) is 31.6 Å². The van der Waals surface area contributed by atoms with Crippen LogP contribution in [-0.2, 0) is 19.5 Å². The van der Waals surface area contributed by atoms with E-state index in [0.717, 1.165) is 12.5 Å². The Labute approximate surface area is 103 Å². The van der Waals surface area contributed by atoms with Crippen molar-refractivity contribution in [1.29, 1.82) is 0 Å². The summed E-state index contributed by atoms with van der Waals surface area (Å²) >= 11 is 1.94. The van der Waals surface area contributed by atoms with E-state index in [-0.39, 0.29) is 0 Å². The maximum atomic E-state index is 3.26. The van der Waals surface area contributed by atoms with E-state index in [1.54, 1.807) is 10.4 Å². The van der Waals surface area contributed by atoms with E-state index in [0.29, 0.717) is 0 Å². The Bertz CT molecular complexity index is 344. The highest BCUT2D eigenvalue weighted by molar-refractivity contribution is 7.10. The van der Waals surface area contributed by atoms with Crippen LogP contribution in [0.4, 0.5) is 0 Å². The molecule has 1 aromatic rings. The predicted octanol–water partition coefficient (Wildman–Crippen LogP) is 2.48. The molecule has 0 saturated carbocycles. The lowest BCUT2D eigenvalue weighted by atomic mass is 10.0. The molecule has 1 aliphatic rings. The van der Waals surface area contributed by atoms with Gasteiger partial charge in [-0.25, -0.2) is 0 Å². The van der Waals surface area contributed by atoms with Crippen molar-refractivity contribution < 1.29 is 0 Å². The molecule has 3 heteroatoms. The van der Waals surface area contributed by atoms with Crippen LogP contribution in [-0.4, -0.2) is 25.0 Å². The van der Waals surface area contributed by atoms with Gasteiger partial charge in [-0.15, -0.1) is 11.3 Å². The average Bonchev–Trinajstić information content (AvgIpc) is 2.61. The molecule has 0 atom stereocenters. The topological polar surface area (TPSA) is 15.3 Å². The summed E-state index contributed by atoms with van der Waals surface area (Å²) < 4.78 is 0. The second-order valence-electron chi connectivity index (χ2n) is 5.07. The van der Waals surface area contributed by atoms with Crippen LogP contribution in [0.15, 0.2) is 5.38 Å². The number of fused-ring (bicyclic) bond motifs is 1. The van der Waals surface area contributed by atoms with Crippen LogP contribution in [0.25, 0.3) is 0 Å². The van der Waals surface area contributed by atoms with Crippen molar-refractivity contribution in [1.82, 2.24) is 10.2 Å². The molecule has 16 heavy (non-hydrogen) atoms. The van der Waals surface area contributed by atoms with Gasteiger partial charge in [-0.1, -0.05) is 13.8 Å². The van der Waals surface area contributed by atoms with Crippen LogP contribution >= 0.6 is 11.3 Å². The first-order valence-corrected chi connectivity index (χ1v) is 7.03. The first-order chi connectivity index (χ1) is 7.70. The number of hydrogen-bond acceptors (Lipinski definition) is 3. The normalized spacial score (nSPS) is 16.8. The smallest absolute Gasteiger partial charge is 0.0331 e. The number of thiophene rings is 1. The van der Waals surface area contributed by atoms with Crippen molar-refractivity contribution in [3.8, 4) is 0 Å². The summed E-state index contributed by atoms with van der Waals surface area (Å²) in [7, 11) is 2.03. The average molecular weight is 238 g/mol. The van der Waals surface area contributed by atoms with Gasteiger partial charge in [0, 0.05) is 31.1 Å². The van der Waals surface area contributed by atoms with Crippen molar-refractivity contribution in [3.63, 3.8) is 0 Å². The molecule has 0 bridgehead atoms. The maximum absolute atomic E-state index is 3.26. The fourth-order valence-electron chi connectivity index (χ4n) is 2.46. The summed E-state index contributed by atoms with van der Waals surface area (Å²) in [5.41, 5.74) is 3.14. The second-order valence-corrected chi connectivity index (χ2v) is 6.04. The summed E-state index contributed by atoms with van der Waals surface area (Å²) in [4.78, 5) is 4.18. The monoisotopic (exact) mass is 238 g/mol. The number of nitrogens with one attached hydrogen (secondary N) is 1. The van der Waals surface area contributed by atoms with Crippen molar-refractivity contribution in [2.45, 2.75) is 33.4 Å². The summed E-state index contributed by atoms with van der Waals surface area (Å²) in [5.74, 6) is 0.776. The minimum Gasteiger partial charge on any atom is -0.316 e. The van der Waals surface area contributed by atoms with E-state index >= 15 is 0 Å². The lowest BCUT2D eigenvalue weighted by Gasteiger charge is -2.28. The van der Waals surface area contributed by atoms with Gasteiger partial charge in [-0.2, -0.15) is 0 Å². The molecule has 90 valence electrons. The fourth-order valence-corrected chi connectivity index (χ4v) is 3.60. The van der Waals surface area contributed by atoms with E-state index < -0.39 is 0 Å². The van der Waals surface area contributed by atoms with E-state index in [2.05, 4.69) is 29.4 Å². The molecular formula is C13H22N2S. The van der Waals surface area contributed by atoms with E-state index in [9.17, 15) is 0 Å². The minimum absolute atomic E-state index is 0.776. The minimum atomic E-state index is 0.776. The highest BCUT2D eigenvalue weighted by Gasteiger charge is 2.20. The third-order valence-corrected chi connectivity index (χ3v) is 4.17. The van der Waals surface area contributed by atoms with Crippen molar-refractivity contribution in [3.05, 3.63) is 21.4 Å². The van der Waals surface area contributed by atoms with Gasteiger partial charge in [0.1, 0.15) is 0 Å². The molecule has 1 N–H and O–H groups in total. The van der Waals surface area contributed by atoms with Crippen LogP contribution in [0.2, 0.25) is 0 Å². The summed E-state index contributed by atoms with van der Waals surface area (Å²) in [6, 6.07) is 0. The predicted molar refractivity (Wildman–Crippen MR) is 70.9 cm³/mol. The van der Waals surface area contributed by atoms with E-state index in [1.807, 2.05) is 18.4 Å². The van der Waals surface area contributed by atoms with Gasteiger partial charge in [0.25, 0.3) is 0 Å². The third-order valence-electron chi connectivity index (χ3n) is 3.10. The van der Waals surface area contributed by atoms with Gasteiger partial charge in [0.05, 0.1) is 0 Å². The lowest BCUT2D eigenvalue weighted by Crippen LogP contribution is -2.33. The molecule has 0 unspecified atom stereocenters. The van der Waals surface area contributed by atoms with Gasteiger partial charge in [0.2, 0.25) is 0 Å². The molecule has 0 aromatic carbocycles. The van der Waals surface area contributed by atoms with Crippen molar-refractivity contribution >= 4 is 11.3 Å². The Morgan fingerprint density at radius 3 is 3.00 bits per heavy atom. The maximum Gasteiger partial charge on any atom is 0.0331 e. The molecule has 0 spiro atoms. The molecule has 2 heterocycles. The quantitative estimate of drug-likeness (QED) is 0.867. The van der Waals surface area contributed by atoms with Crippen LogP contribution < -0.4 is 5.32 Å². The molecular weight excluding hydrogens is 216 g/mol. The number of rotatable bonds is 4. The van der Waals surface area contributed by atoms with Crippen molar-refractivity contribution in [2.75, 3.05) is 20.1 Å². The summed E-state index contributed by atoms with van der Waals surface area (Å²) in [5, 5.41) is 5.59. The molecule has 0 fully saturated rings. The third kappa shape index (κ3) is 2.65. The second kappa shape index (κ2) is 5.30. The molecule has 2 rings (SSSR count). The van der Waals surface area contributed by atoms with Crippen LogP contribution in [0.5, 0.6) is 0 Å². The molecule has 0 radical (unpaired) electrons. The molecule has 0 aliphatic carbocycles.